The van der Waals surface area contributed by atoms with Gasteiger partial charge in [0.25, 0.3) is 0 Å². The lowest BCUT2D eigenvalue weighted by Gasteiger charge is -2.32. The molecule has 2 heterocycles. The van der Waals surface area contributed by atoms with Crippen LogP contribution in [0.1, 0.15) is 42.4 Å². The Hall–Kier alpha value is -3.06. The van der Waals surface area contributed by atoms with Crippen LogP contribution in [0.2, 0.25) is 0 Å². The van der Waals surface area contributed by atoms with Crippen molar-refractivity contribution in [1.82, 2.24) is 24.9 Å². The number of benzene rings is 2. The molecule has 31 heavy (non-hydrogen) atoms. The first-order valence-electron chi connectivity index (χ1n) is 10.8. The minimum atomic E-state index is 0.426. The Balaban J connectivity index is 1.51. The largest absolute Gasteiger partial charge is 0.342 e. The number of nitrogens with zero attached hydrogens (tertiary/aromatic N) is 5. The Morgan fingerprint density at radius 1 is 1.06 bits per heavy atom. The molecule has 2 aromatic heterocycles. The molecule has 5 rings (SSSR count). The van der Waals surface area contributed by atoms with Gasteiger partial charge >= 0.3 is 0 Å². The number of fused-ring (bicyclic) bond motifs is 3. The standard InChI is InChI=1S/C24H26N6S/c1-16-7-10-20(11-8-16)25-24(31)29(21-5-3-4-6-21)15-19-14-18-13-17(2)9-12-22(18)30-23(19)26-27-28-30/h7-14,21H,3-6,15H2,1-2H3,(H,25,31). The number of rotatable bonds is 4. The molecule has 0 atom stereocenters. The quantitative estimate of drug-likeness (QED) is 0.458. The van der Waals surface area contributed by atoms with Gasteiger partial charge in [0.1, 0.15) is 0 Å². The van der Waals surface area contributed by atoms with E-state index in [0.29, 0.717) is 12.6 Å². The fourth-order valence-corrected chi connectivity index (χ4v) is 4.83. The summed E-state index contributed by atoms with van der Waals surface area (Å²) >= 11 is 5.90. The van der Waals surface area contributed by atoms with Crippen molar-refractivity contribution < 1.29 is 0 Å². The third-order valence-corrected chi connectivity index (χ3v) is 6.50. The van der Waals surface area contributed by atoms with E-state index in [0.717, 1.165) is 45.8 Å². The number of aromatic nitrogens is 4. The van der Waals surface area contributed by atoms with Crippen LogP contribution in [-0.4, -0.2) is 36.1 Å². The molecule has 158 valence electrons. The molecular weight excluding hydrogens is 404 g/mol. The predicted octanol–water partition coefficient (Wildman–Crippen LogP) is 5.04. The van der Waals surface area contributed by atoms with E-state index in [1.807, 2.05) is 4.52 Å². The van der Waals surface area contributed by atoms with Crippen molar-refractivity contribution in [2.45, 2.75) is 52.1 Å². The van der Waals surface area contributed by atoms with Crippen molar-refractivity contribution in [2.75, 3.05) is 5.32 Å². The van der Waals surface area contributed by atoms with E-state index in [-0.39, 0.29) is 0 Å². The van der Waals surface area contributed by atoms with Crippen LogP contribution in [0.25, 0.3) is 16.6 Å². The van der Waals surface area contributed by atoms with Crippen LogP contribution in [0.15, 0.2) is 48.5 Å². The van der Waals surface area contributed by atoms with Crippen LogP contribution in [-0.2, 0) is 6.54 Å². The first-order valence-corrected chi connectivity index (χ1v) is 11.2. The smallest absolute Gasteiger partial charge is 0.184 e. The van der Waals surface area contributed by atoms with Crippen molar-refractivity contribution in [3.8, 4) is 0 Å². The molecule has 0 saturated heterocycles. The summed E-state index contributed by atoms with van der Waals surface area (Å²) in [4.78, 5) is 2.33. The molecule has 7 heteroatoms. The maximum atomic E-state index is 5.90. The zero-order valence-electron chi connectivity index (χ0n) is 17.9. The molecule has 0 spiro atoms. The highest BCUT2D eigenvalue weighted by molar-refractivity contribution is 7.80. The molecule has 1 saturated carbocycles. The molecule has 0 amide bonds. The highest BCUT2D eigenvalue weighted by Crippen LogP contribution is 2.28. The van der Waals surface area contributed by atoms with Gasteiger partial charge in [-0.15, -0.1) is 5.10 Å². The summed E-state index contributed by atoms with van der Waals surface area (Å²) in [5, 5.41) is 17.9. The summed E-state index contributed by atoms with van der Waals surface area (Å²) in [5.74, 6) is 0. The first kappa shape index (κ1) is 19.9. The third kappa shape index (κ3) is 3.97. The summed E-state index contributed by atoms with van der Waals surface area (Å²) in [5.41, 5.74) is 6.36. The van der Waals surface area contributed by atoms with Gasteiger partial charge in [0.05, 0.1) is 5.52 Å². The topological polar surface area (TPSA) is 58.4 Å². The molecule has 0 radical (unpaired) electrons. The van der Waals surface area contributed by atoms with Crippen LogP contribution in [0, 0.1) is 13.8 Å². The van der Waals surface area contributed by atoms with E-state index in [9.17, 15) is 0 Å². The van der Waals surface area contributed by atoms with Crippen molar-refractivity contribution in [3.05, 3.63) is 65.2 Å². The minimum absolute atomic E-state index is 0.426. The minimum Gasteiger partial charge on any atom is -0.342 e. The summed E-state index contributed by atoms with van der Waals surface area (Å²) < 4.78 is 1.84. The Labute approximate surface area is 187 Å². The predicted molar refractivity (Wildman–Crippen MR) is 128 cm³/mol. The number of hydrogen-bond donors (Lipinski definition) is 1. The first-order chi connectivity index (χ1) is 15.1. The molecule has 1 fully saturated rings. The Kier molecular flexibility index (Phi) is 5.28. The summed E-state index contributed by atoms with van der Waals surface area (Å²) in [6.07, 6.45) is 4.80. The maximum absolute atomic E-state index is 5.90. The lowest BCUT2D eigenvalue weighted by molar-refractivity contribution is 0.313. The van der Waals surface area contributed by atoms with E-state index < -0.39 is 0 Å². The van der Waals surface area contributed by atoms with E-state index in [1.54, 1.807) is 0 Å². The van der Waals surface area contributed by atoms with Crippen LogP contribution in [0.3, 0.4) is 0 Å². The molecule has 0 bridgehead atoms. The van der Waals surface area contributed by atoms with Crippen LogP contribution >= 0.6 is 12.2 Å². The molecule has 0 aliphatic heterocycles. The fourth-order valence-electron chi connectivity index (χ4n) is 4.50. The zero-order valence-corrected chi connectivity index (χ0v) is 18.7. The van der Waals surface area contributed by atoms with Crippen molar-refractivity contribution in [1.29, 1.82) is 0 Å². The van der Waals surface area contributed by atoms with E-state index in [4.69, 9.17) is 12.2 Å². The molecule has 0 unspecified atom stereocenters. The highest BCUT2D eigenvalue weighted by Gasteiger charge is 2.26. The average Bonchev–Trinajstić information content (AvgIpc) is 3.45. The molecular formula is C24H26N6S. The second kappa shape index (κ2) is 8.23. The van der Waals surface area contributed by atoms with Gasteiger partial charge < -0.3 is 10.2 Å². The van der Waals surface area contributed by atoms with Gasteiger partial charge in [-0.05, 0) is 79.7 Å². The molecule has 2 aromatic carbocycles. The van der Waals surface area contributed by atoms with Crippen molar-refractivity contribution >= 4 is 39.6 Å². The molecule has 1 N–H and O–H groups in total. The van der Waals surface area contributed by atoms with Gasteiger partial charge in [-0.25, -0.2) is 0 Å². The van der Waals surface area contributed by atoms with E-state index >= 15 is 0 Å². The third-order valence-electron chi connectivity index (χ3n) is 6.17. The van der Waals surface area contributed by atoms with Gasteiger partial charge in [-0.1, -0.05) is 42.2 Å². The van der Waals surface area contributed by atoms with Crippen molar-refractivity contribution in [3.63, 3.8) is 0 Å². The Morgan fingerprint density at radius 2 is 1.81 bits per heavy atom. The number of pyridine rings is 1. The summed E-state index contributed by atoms with van der Waals surface area (Å²) in [7, 11) is 0. The van der Waals surface area contributed by atoms with Gasteiger partial charge in [0.2, 0.25) is 0 Å². The van der Waals surface area contributed by atoms with Gasteiger partial charge in [0.15, 0.2) is 10.8 Å². The lowest BCUT2D eigenvalue weighted by atomic mass is 10.1. The highest BCUT2D eigenvalue weighted by atomic mass is 32.1. The Bertz CT molecular complexity index is 1240. The molecule has 6 nitrogen and oxygen atoms in total. The van der Waals surface area contributed by atoms with Crippen molar-refractivity contribution in [2.24, 2.45) is 0 Å². The van der Waals surface area contributed by atoms with E-state index in [2.05, 4.69) is 88.1 Å². The molecule has 1 aliphatic rings. The van der Waals surface area contributed by atoms with E-state index in [1.165, 1.54) is 24.0 Å². The average molecular weight is 431 g/mol. The second-order valence-electron chi connectivity index (χ2n) is 8.51. The molecule has 4 aromatic rings. The number of anilines is 1. The number of hydrogen-bond acceptors (Lipinski definition) is 4. The Morgan fingerprint density at radius 3 is 2.58 bits per heavy atom. The van der Waals surface area contributed by atoms with Gasteiger partial charge in [-0.3, -0.25) is 0 Å². The number of tetrazole rings is 1. The normalized spacial score (nSPS) is 14.4. The zero-order chi connectivity index (χ0) is 21.4. The summed E-state index contributed by atoms with van der Waals surface area (Å²) in [6, 6.07) is 17.3. The fraction of sp³-hybridized carbons (Fsp3) is 0.333. The SMILES string of the molecule is Cc1ccc(NC(=S)N(Cc2cc3cc(C)ccc3n3nnnc23)C2CCCC2)cc1. The number of nitrogens with one attached hydrogen (secondary N) is 1. The lowest BCUT2D eigenvalue weighted by Crippen LogP contribution is -2.41. The number of aryl methyl sites for hydroxylation is 2. The number of thiocarbonyl (C=S) groups is 1. The van der Waals surface area contributed by atoms with Gasteiger partial charge in [-0.2, -0.15) is 4.52 Å². The van der Waals surface area contributed by atoms with Crippen LogP contribution in [0.5, 0.6) is 0 Å². The maximum Gasteiger partial charge on any atom is 0.184 e. The monoisotopic (exact) mass is 430 g/mol. The summed E-state index contributed by atoms with van der Waals surface area (Å²) in [6.45, 7) is 4.87. The second-order valence-corrected chi connectivity index (χ2v) is 8.90. The molecule has 1 aliphatic carbocycles. The van der Waals surface area contributed by atoms with Gasteiger partial charge in [0, 0.05) is 29.2 Å². The van der Waals surface area contributed by atoms with Crippen LogP contribution < -0.4 is 5.32 Å². The van der Waals surface area contributed by atoms with Crippen LogP contribution in [0.4, 0.5) is 5.69 Å².